The first kappa shape index (κ1) is 16.1. The second-order valence-electron chi connectivity index (χ2n) is 3.09. The van der Waals surface area contributed by atoms with Crippen LogP contribution in [0.25, 0.3) is 0 Å². The third kappa shape index (κ3) is 5.82. The summed E-state index contributed by atoms with van der Waals surface area (Å²) in [5, 5.41) is 8.42. The molecule has 2 nitrogen and oxygen atoms in total. The van der Waals surface area contributed by atoms with Gasteiger partial charge in [-0.05, 0) is 29.5 Å². The number of nitriles is 1. The van der Waals surface area contributed by atoms with Crippen molar-refractivity contribution in [2.75, 3.05) is 0 Å². The predicted octanol–water partition coefficient (Wildman–Crippen LogP) is 3.63. The van der Waals surface area contributed by atoms with E-state index in [9.17, 15) is 13.2 Å². The third-order valence-corrected chi connectivity index (χ3v) is 2.59. The fourth-order valence-corrected chi connectivity index (χ4v) is 1.67. The molecule has 17 heavy (non-hydrogen) atoms. The van der Waals surface area contributed by atoms with E-state index in [1.54, 1.807) is 0 Å². The van der Waals surface area contributed by atoms with Crippen LogP contribution in [0.2, 0.25) is 0 Å². The maximum absolute atomic E-state index is 12.0. The van der Waals surface area contributed by atoms with Gasteiger partial charge in [0, 0.05) is 10.9 Å². The summed E-state index contributed by atoms with van der Waals surface area (Å²) in [5.74, 6) is 0. The molecule has 94 valence electrons. The Morgan fingerprint density at radius 3 is 2.24 bits per heavy atom. The molecular weight excluding hydrogens is 273 g/mol. The minimum atomic E-state index is -4.28. The van der Waals surface area contributed by atoms with Gasteiger partial charge in [0.2, 0.25) is 0 Å². The Bertz CT molecular complexity index is 386. The Kier molecular flexibility index (Phi) is 6.39. The number of rotatable bonds is 3. The zero-order valence-electron chi connectivity index (χ0n) is 8.57. The fraction of sp³-hybridized carbons (Fsp3) is 0.300. The zero-order chi connectivity index (χ0) is 12.2. The highest BCUT2D eigenvalue weighted by Crippen LogP contribution is 2.36. The third-order valence-electron chi connectivity index (χ3n) is 1.85. The van der Waals surface area contributed by atoms with Gasteiger partial charge in [0.05, 0.1) is 12.5 Å². The van der Waals surface area contributed by atoms with Crippen LogP contribution in [-0.2, 0) is 0 Å². The molecule has 0 unspecified atom stereocenters. The summed E-state index contributed by atoms with van der Waals surface area (Å²) in [5.41, 5.74) is 2.01. The summed E-state index contributed by atoms with van der Waals surface area (Å²) < 4.78 is 36.0. The first-order chi connectivity index (χ1) is 7.42. The number of hydrogen-bond donors (Lipinski definition) is 1. The molecule has 0 aromatic heterocycles. The van der Waals surface area contributed by atoms with E-state index in [1.807, 2.05) is 6.07 Å². The number of nitrogens with zero attached hydrogens (tertiary/aromatic N) is 1. The topological polar surface area (TPSA) is 49.8 Å². The van der Waals surface area contributed by atoms with Crippen LogP contribution in [0.3, 0.4) is 0 Å². The van der Waals surface area contributed by atoms with Gasteiger partial charge in [0.25, 0.3) is 0 Å². The van der Waals surface area contributed by atoms with E-state index in [0.717, 1.165) is 0 Å². The highest BCUT2D eigenvalue weighted by Gasteiger charge is 2.29. The van der Waals surface area contributed by atoms with Crippen molar-refractivity contribution >= 4 is 24.2 Å². The molecule has 0 radical (unpaired) electrons. The lowest BCUT2D eigenvalue weighted by Gasteiger charge is -2.09. The Morgan fingerprint density at radius 2 is 1.82 bits per heavy atom. The van der Waals surface area contributed by atoms with Crippen molar-refractivity contribution in [1.82, 2.24) is 0 Å². The summed E-state index contributed by atoms with van der Waals surface area (Å²) in [7, 11) is 0. The van der Waals surface area contributed by atoms with E-state index in [1.165, 1.54) is 24.3 Å². The molecule has 0 fully saturated rings. The number of halogens is 4. The van der Waals surface area contributed by atoms with Crippen molar-refractivity contribution in [1.29, 1.82) is 5.26 Å². The van der Waals surface area contributed by atoms with Gasteiger partial charge in [0.1, 0.15) is 0 Å². The molecular formula is C10H10ClF3N2S. The molecule has 0 bridgehead atoms. The van der Waals surface area contributed by atoms with E-state index in [4.69, 9.17) is 11.0 Å². The Balaban J connectivity index is 0.00000256. The van der Waals surface area contributed by atoms with Gasteiger partial charge >= 0.3 is 5.51 Å². The van der Waals surface area contributed by atoms with Crippen LogP contribution < -0.4 is 5.73 Å². The van der Waals surface area contributed by atoms with Crippen molar-refractivity contribution in [2.45, 2.75) is 22.9 Å². The largest absolute Gasteiger partial charge is 0.446 e. The Morgan fingerprint density at radius 1 is 1.29 bits per heavy atom. The van der Waals surface area contributed by atoms with Crippen LogP contribution in [-0.4, -0.2) is 5.51 Å². The molecule has 0 heterocycles. The van der Waals surface area contributed by atoms with Crippen LogP contribution >= 0.6 is 24.2 Å². The molecule has 7 heteroatoms. The van der Waals surface area contributed by atoms with E-state index in [2.05, 4.69) is 0 Å². The van der Waals surface area contributed by atoms with Gasteiger partial charge in [0.15, 0.2) is 0 Å². The minimum absolute atomic E-state index is 0. The first-order valence-corrected chi connectivity index (χ1v) is 5.22. The lowest BCUT2D eigenvalue weighted by atomic mass is 10.1. The number of benzene rings is 1. The van der Waals surface area contributed by atoms with Crippen molar-refractivity contribution in [3.05, 3.63) is 29.8 Å². The molecule has 0 aliphatic rings. The Labute approximate surface area is 107 Å². The van der Waals surface area contributed by atoms with Gasteiger partial charge in [-0.25, -0.2) is 0 Å². The maximum Gasteiger partial charge on any atom is 0.446 e. The maximum atomic E-state index is 12.0. The molecule has 1 atom stereocenters. The first-order valence-electron chi connectivity index (χ1n) is 4.40. The number of nitrogens with two attached hydrogens (primary N) is 1. The SMILES string of the molecule is Cl.N#CC[C@@H](N)c1ccc(SC(F)(F)F)cc1. The van der Waals surface area contributed by atoms with Gasteiger partial charge in [-0.2, -0.15) is 18.4 Å². The van der Waals surface area contributed by atoms with Gasteiger partial charge in [-0.1, -0.05) is 12.1 Å². The van der Waals surface area contributed by atoms with Crippen molar-refractivity contribution in [3.8, 4) is 6.07 Å². The lowest BCUT2D eigenvalue weighted by molar-refractivity contribution is -0.0328. The molecule has 0 amide bonds. The predicted molar refractivity (Wildman–Crippen MR) is 62.8 cm³/mol. The molecule has 1 aromatic carbocycles. The standard InChI is InChI=1S/C10H9F3N2S.ClH/c11-10(12,13)16-8-3-1-7(2-4-8)9(15)5-6-14;/h1-4,9H,5,15H2;1H/t9-;/m1./s1. The quantitative estimate of drug-likeness (QED) is 0.861. The number of thioether (sulfide) groups is 1. The lowest BCUT2D eigenvalue weighted by Crippen LogP contribution is -2.09. The fourth-order valence-electron chi connectivity index (χ4n) is 1.13. The van der Waals surface area contributed by atoms with E-state index in [0.29, 0.717) is 5.56 Å². The normalized spacial score (nSPS) is 12.4. The molecule has 1 rings (SSSR count). The summed E-state index contributed by atoms with van der Waals surface area (Å²) >= 11 is -0.171. The van der Waals surface area contributed by atoms with E-state index in [-0.39, 0.29) is 35.5 Å². The van der Waals surface area contributed by atoms with Crippen molar-refractivity contribution < 1.29 is 13.2 Å². The van der Waals surface area contributed by atoms with Crippen molar-refractivity contribution in [3.63, 3.8) is 0 Å². The summed E-state index contributed by atoms with van der Waals surface area (Å²) in [4.78, 5) is 0.111. The average molecular weight is 283 g/mol. The molecule has 0 aliphatic carbocycles. The molecule has 2 N–H and O–H groups in total. The number of hydrogen-bond acceptors (Lipinski definition) is 3. The minimum Gasteiger partial charge on any atom is -0.323 e. The van der Waals surface area contributed by atoms with Crippen LogP contribution in [0.15, 0.2) is 29.2 Å². The molecule has 0 aliphatic heterocycles. The van der Waals surface area contributed by atoms with Crippen LogP contribution in [0.1, 0.15) is 18.0 Å². The Hall–Kier alpha value is -0.900. The molecule has 1 aromatic rings. The highest BCUT2D eigenvalue weighted by molar-refractivity contribution is 8.00. The van der Waals surface area contributed by atoms with Crippen molar-refractivity contribution in [2.24, 2.45) is 5.73 Å². The molecule has 0 spiro atoms. The van der Waals surface area contributed by atoms with Gasteiger partial charge in [-0.3, -0.25) is 0 Å². The van der Waals surface area contributed by atoms with Crippen LogP contribution in [0.4, 0.5) is 13.2 Å². The van der Waals surface area contributed by atoms with E-state index >= 15 is 0 Å². The summed E-state index contributed by atoms with van der Waals surface area (Å²) in [6.07, 6.45) is 0.145. The summed E-state index contributed by atoms with van der Waals surface area (Å²) in [6.45, 7) is 0. The average Bonchev–Trinajstić information content (AvgIpc) is 2.16. The van der Waals surface area contributed by atoms with Gasteiger partial charge in [-0.15, -0.1) is 12.4 Å². The van der Waals surface area contributed by atoms with Gasteiger partial charge < -0.3 is 5.73 Å². The monoisotopic (exact) mass is 282 g/mol. The smallest absolute Gasteiger partial charge is 0.323 e. The molecule has 0 saturated heterocycles. The molecule has 0 saturated carbocycles. The second kappa shape index (κ2) is 6.74. The van der Waals surface area contributed by atoms with Crippen LogP contribution in [0.5, 0.6) is 0 Å². The number of alkyl halides is 3. The second-order valence-corrected chi connectivity index (χ2v) is 4.22. The summed E-state index contributed by atoms with van der Waals surface area (Å²) in [6, 6.07) is 7.18. The highest BCUT2D eigenvalue weighted by atomic mass is 35.5. The van der Waals surface area contributed by atoms with E-state index < -0.39 is 11.6 Å². The zero-order valence-corrected chi connectivity index (χ0v) is 10.2. The van der Waals surface area contributed by atoms with Crippen LogP contribution in [0, 0.1) is 11.3 Å².